The summed E-state index contributed by atoms with van der Waals surface area (Å²) in [5.41, 5.74) is 6.73. The zero-order chi connectivity index (χ0) is 22.4. The average Bonchev–Trinajstić information content (AvgIpc) is 3.60. The van der Waals surface area contributed by atoms with Crippen LogP contribution in [0.2, 0.25) is 0 Å². The molecule has 1 N–H and O–H groups in total. The molecule has 0 radical (unpaired) electrons. The molecule has 2 aromatic carbocycles. The minimum absolute atomic E-state index is 0.0353. The molecule has 0 unspecified atom stereocenters. The van der Waals surface area contributed by atoms with Gasteiger partial charge in [0.25, 0.3) is 5.56 Å². The van der Waals surface area contributed by atoms with E-state index in [-0.39, 0.29) is 11.6 Å². The van der Waals surface area contributed by atoms with Crippen LogP contribution in [0.1, 0.15) is 29.5 Å². The van der Waals surface area contributed by atoms with E-state index < -0.39 is 0 Å². The number of H-pyrrole nitrogens is 1. The molecular weight excluding hydrogens is 414 g/mol. The second-order valence-electron chi connectivity index (χ2n) is 8.32. The molecule has 1 aliphatic rings. The van der Waals surface area contributed by atoms with Crippen molar-refractivity contribution in [2.45, 2.75) is 25.8 Å². The first kappa shape index (κ1) is 19.4. The lowest BCUT2D eigenvalue weighted by molar-refractivity contribution is 0.572. The molecule has 8 nitrogen and oxygen atoms in total. The van der Waals surface area contributed by atoms with Gasteiger partial charge >= 0.3 is 0 Å². The summed E-state index contributed by atoms with van der Waals surface area (Å²) in [7, 11) is 0. The zero-order valence-corrected chi connectivity index (χ0v) is 18.0. The molecule has 0 fully saturated rings. The highest BCUT2D eigenvalue weighted by atomic mass is 16.1. The van der Waals surface area contributed by atoms with Gasteiger partial charge in [-0.3, -0.25) is 4.79 Å². The monoisotopic (exact) mass is 435 g/mol. The first-order chi connectivity index (χ1) is 16.2. The third-order valence-electron chi connectivity index (χ3n) is 6.19. The number of imidazole rings is 1. The Morgan fingerprint density at radius 1 is 1.03 bits per heavy atom. The summed E-state index contributed by atoms with van der Waals surface area (Å²) in [5, 5.41) is 11.5. The van der Waals surface area contributed by atoms with Gasteiger partial charge in [0.2, 0.25) is 0 Å². The number of aromatic nitrogens is 7. The predicted molar refractivity (Wildman–Crippen MR) is 124 cm³/mol. The summed E-state index contributed by atoms with van der Waals surface area (Å²) < 4.78 is 3.49. The van der Waals surface area contributed by atoms with E-state index in [0.29, 0.717) is 0 Å². The third-order valence-corrected chi connectivity index (χ3v) is 6.19. The number of hydrogen-bond acceptors (Lipinski definition) is 5. The number of hydrogen-bond donors (Lipinski definition) is 1. The summed E-state index contributed by atoms with van der Waals surface area (Å²) in [6.45, 7) is 2.03. The van der Waals surface area contributed by atoms with Gasteiger partial charge in [-0.2, -0.15) is 4.68 Å². The van der Waals surface area contributed by atoms with E-state index in [1.807, 2.05) is 60.2 Å². The highest BCUT2D eigenvalue weighted by Gasteiger charge is 2.28. The van der Waals surface area contributed by atoms with Gasteiger partial charge in [0.1, 0.15) is 12.2 Å². The van der Waals surface area contributed by atoms with Crippen molar-refractivity contribution in [3.05, 3.63) is 101 Å². The van der Waals surface area contributed by atoms with Crippen LogP contribution in [-0.2, 0) is 6.42 Å². The summed E-state index contributed by atoms with van der Waals surface area (Å²) >= 11 is 0. The molecule has 5 aromatic rings. The molecule has 3 aromatic heterocycles. The van der Waals surface area contributed by atoms with E-state index in [9.17, 15) is 4.79 Å². The van der Waals surface area contributed by atoms with E-state index in [1.54, 1.807) is 17.1 Å². The number of pyridine rings is 1. The second-order valence-corrected chi connectivity index (χ2v) is 8.32. The van der Waals surface area contributed by atoms with E-state index >= 15 is 0 Å². The van der Waals surface area contributed by atoms with Crippen molar-refractivity contribution < 1.29 is 0 Å². The highest BCUT2D eigenvalue weighted by molar-refractivity contribution is 5.73. The Bertz CT molecular complexity index is 1500. The van der Waals surface area contributed by atoms with Crippen LogP contribution in [0.3, 0.4) is 0 Å². The lowest BCUT2D eigenvalue weighted by Crippen LogP contribution is -2.23. The fourth-order valence-electron chi connectivity index (χ4n) is 4.63. The minimum Gasteiger partial charge on any atom is -0.340 e. The number of nitrogens with zero attached hydrogens (tertiary/aromatic N) is 6. The summed E-state index contributed by atoms with van der Waals surface area (Å²) in [5.74, 6) is 0.812. The van der Waals surface area contributed by atoms with E-state index in [0.717, 1.165) is 58.0 Å². The lowest BCUT2D eigenvalue weighted by atomic mass is 10.0. The van der Waals surface area contributed by atoms with Crippen LogP contribution in [0.4, 0.5) is 0 Å². The van der Waals surface area contributed by atoms with Gasteiger partial charge in [-0.05, 0) is 59.5 Å². The van der Waals surface area contributed by atoms with Crippen LogP contribution in [0.15, 0.2) is 78.0 Å². The molecule has 1 aliphatic heterocycles. The highest BCUT2D eigenvalue weighted by Crippen LogP contribution is 2.33. The SMILES string of the molecule is Cc1ccc(-n2cnnn2)c(-c2cc3n(c(=O)c2)[C@H](c2ncc(-c4ccccc4)[nH]2)CC3)c1. The Hall–Kier alpha value is -4.33. The second kappa shape index (κ2) is 7.67. The molecule has 162 valence electrons. The van der Waals surface area contributed by atoms with Gasteiger partial charge in [0.05, 0.1) is 23.6 Å². The van der Waals surface area contributed by atoms with Crippen molar-refractivity contribution in [2.75, 3.05) is 0 Å². The smallest absolute Gasteiger partial charge is 0.252 e. The number of nitrogens with one attached hydrogen (secondary N) is 1. The molecule has 0 amide bonds. The fourth-order valence-corrected chi connectivity index (χ4v) is 4.63. The van der Waals surface area contributed by atoms with Gasteiger partial charge < -0.3 is 9.55 Å². The summed E-state index contributed by atoms with van der Waals surface area (Å²) in [6.07, 6.45) is 5.04. The standard InChI is InChI=1S/C25H21N7O/c1-16-7-9-22(31-15-27-29-30-31)20(11-16)18-12-19-8-10-23(32(19)24(33)13-18)25-26-14-21(28-25)17-5-3-2-4-6-17/h2-7,9,11-15,23H,8,10H2,1H3,(H,26,28)/t23-/m0/s1. The number of aromatic amines is 1. The van der Waals surface area contributed by atoms with Gasteiger partial charge in [-0.15, -0.1) is 5.10 Å². The van der Waals surface area contributed by atoms with Gasteiger partial charge in [0.15, 0.2) is 0 Å². The largest absolute Gasteiger partial charge is 0.340 e. The number of aryl methyl sites for hydroxylation is 2. The van der Waals surface area contributed by atoms with Crippen LogP contribution in [0, 0.1) is 6.92 Å². The first-order valence-corrected chi connectivity index (χ1v) is 10.9. The number of fused-ring (bicyclic) bond motifs is 1. The van der Waals surface area contributed by atoms with Crippen molar-refractivity contribution in [3.63, 3.8) is 0 Å². The van der Waals surface area contributed by atoms with E-state index in [1.165, 1.54) is 0 Å². The predicted octanol–water partition coefficient (Wildman–Crippen LogP) is 3.73. The Balaban J connectivity index is 1.40. The van der Waals surface area contributed by atoms with Gasteiger partial charge in [0, 0.05) is 17.3 Å². The molecule has 0 saturated heterocycles. The molecule has 0 bridgehead atoms. The van der Waals surface area contributed by atoms with Gasteiger partial charge in [-0.25, -0.2) is 4.98 Å². The number of rotatable bonds is 4. The third kappa shape index (κ3) is 3.36. The summed E-state index contributed by atoms with van der Waals surface area (Å²) in [6, 6.07) is 19.8. The lowest BCUT2D eigenvalue weighted by Gasteiger charge is -2.15. The molecule has 0 saturated carbocycles. The van der Waals surface area contributed by atoms with Crippen LogP contribution >= 0.6 is 0 Å². The zero-order valence-electron chi connectivity index (χ0n) is 18.0. The maximum atomic E-state index is 13.3. The van der Waals surface area contributed by atoms with E-state index in [2.05, 4.69) is 37.6 Å². The van der Waals surface area contributed by atoms with Crippen LogP contribution in [0.25, 0.3) is 28.1 Å². The molecule has 0 aliphatic carbocycles. The molecule has 0 spiro atoms. The van der Waals surface area contributed by atoms with Crippen molar-refractivity contribution in [3.8, 4) is 28.1 Å². The van der Waals surface area contributed by atoms with Crippen molar-refractivity contribution in [1.82, 2.24) is 34.7 Å². The van der Waals surface area contributed by atoms with Gasteiger partial charge in [-0.1, -0.05) is 42.0 Å². The maximum absolute atomic E-state index is 13.3. The van der Waals surface area contributed by atoms with Crippen LogP contribution in [0.5, 0.6) is 0 Å². The normalized spacial score (nSPS) is 15.0. The van der Waals surface area contributed by atoms with Crippen molar-refractivity contribution >= 4 is 0 Å². The molecule has 6 rings (SSSR count). The maximum Gasteiger partial charge on any atom is 0.252 e. The number of tetrazole rings is 1. The first-order valence-electron chi connectivity index (χ1n) is 10.9. The Morgan fingerprint density at radius 3 is 2.73 bits per heavy atom. The molecular formula is C25H21N7O. The Morgan fingerprint density at radius 2 is 1.91 bits per heavy atom. The van der Waals surface area contributed by atoms with Crippen molar-refractivity contribution in [1.29, 1.82) is 0 Å². The Labute approximate surface area is 189 Å². The fraction of sp³-hybridized carbons (Fsp3) is 0.160. The quantitative estimate of drug-likeness (QED) is 0.464. The van der Waals surface area contributed by atoms with E-state index in [4.69, 9.17) is 0 Å². The Kier molecular flexibility index (Phi) is 4.50. The van der Waals surface area contributed by atoms with Crippen LogP contribution in [-0.4, -0.2) is 34.7 Å². The van der Waals surface area contributed by atoms with Crippen LogP contribution < -0.4 is 5.56 Å². The topological polar surface area (TPSA) is 94.3 Å². The molecule has 1 atom stereocenters. The molecule has 8 heteroatoms. The minimum atomic E-state index is -0.101. The van der Waals surface area contributed by atoms with Crippen molar-refractivity contribution in [2.24, 2.45) is 0 Å². The summed E-state index contributed by atoms with van der Waals surface area (Å²) in [4.78, 5) is 21.4. The molecule has 33 heavy (non-hydrogen) atoms. The molecule has 4 heterocycles. The number of benzene rings is 2. The average molecular weight is 435 g/mol.